The molecule has 82 valence electrons. The Morgan fingerprint density at radius 1 is 1.43 bits per heavy atom. The van der Waals surface area contributed by atoms with E-state index in [2.05, 4.69) is 5.32 Å². The van der Waals surface area contributed by atoms with Gasteiger partial charge in [0.05, 0.1) is 0 Å². The van der Waals surface area contributed by atoms with Crippen molar-refractivity contribution >= 4 is 11.9 Å². The smallest absolute Gasteiger partial charge is 0.327 e. The first-order valence-corrected chi connectivity index (χ1v) is 4.48. The molecular weight excluding hydrogens is 184 g/mol. The SMILES string of the molecule is CC(C)(C)CC(=O)NC(CN)C(=O)O. The first kappa shape index (κ1) is 12.9. The number of nitrogens with one attached hydrogen (secondary N) is 1. The summed E-state index contributed by atoms with van der Waals surface area (Å²) in [6.45, 7) is 5.63. The van der Waals surface area contributed by atoms with E-state index in [9.17, 15) is 9.59 Å². The lowest BCUT2D eigenvalue weighted by molar-refractivity contribution is -0.141. The van der Waals surface area contributed by atoms with Crippen LogP contribution in [0.5, 0.6) is 0 Å². The number of carbonyl (C=O) groups excluding carboxylic acids is 1. The van der Waals surface area contributed by atoms with E-state index < -0.39 is 12.0 Å². The highest BCUT2D eigenvalue weighted by atomic mass is 16.4. The lowest BCUT2D eigenvalue weighted by atomic mass is 9.92. The van der Waals surface area contributed by atoms with Crippen molar-refractivity contribution in [3.05, 3.63) is 0 Å². The van der Waals surface area contributed by atoms with E-state index >= 15 is 0 Å². The Hall–Kier alpha value is -1.10. The molecular formula is C9H18N2O3. The molecule has 1 amide bonds. The molecule has 1 unspecified atom stereocenters. The van der Waals surface area contributed by atoms with Crippen molar-refractivity contribution in [2.24, 2.45) is 11.1 Å². The molecule has 0 radical (unpaired) electrons. The Morgan fingerprint density at radius 3 is 2.21 bits per heavy atom. The standard InChI is InChI=1S/C9H18N2O3/c1-9(2,3)4-7(12)11-6(5-10)8(13)14/h6H,4-5,10H2,1-3H3,(H,11,12)(H,13,14). The average molecular weight is 202 g/mol. The van der Waals surface area contributed by atoms with Gasteiger partial charge in [0, 0.05) is 13.0 Å². The number of carbonyl (C=O) groups is 2. The van der Waals surface area contributed by atoms with E-state index in [-0.39, 0.29) is 24.3 Å². The minimum atomic E-state index is -1.10. The zero-order chi connectivity index (χ0) is 11.4. The van der Waals surface area contributed by atoms with E-state index in [1.807, 2.05) is 20.8 Å². The van der Waals surface area contributed by atoms with Crippen LogP contribution >= 0.6 is 0 Å². The van der Waals surface area contributed by atoms with Gasteiger partial charge in [-0.25, -0.2) is 4.79 Å². The molecule has 0 rings (SSSR count). The van der Waals surface area contributed by atoms with Crippen molar-refractivity contribution in [2.45, 2.75) is 33.2 Å². The van der Waals surface area contributed by atoms with Gasteiger partial charge in [0.2, 0.25) is 5.91 Å². The summed E-state index contributed by atoms with van der Waals surface area (Å²) >= 11 is 0. The van der Waals surface area contributed by atoms with E-state index in [4.69, 9.17) is 10.8 Å². The number of aliphatic carboxylic acids is 1. The fourth-order valence-corrected chi connectivity index (χ4v) is 0.949. The predicted octanol–water partition coefficient (Wildman–Crippen LogP) is -0.0493. The van der Waals surface area contributed by atoms with Gasteiger partial charge in [-0.05, 0) is 5.41 Å². The zero-order valence-corrected chi connectivity index (χ0v) is 8.83. The third-order valence-electron chi connectivity index (χ3n) is 1.56. The summed E-state index contributed by atoms with van der Waals surface area (Å²) in [5.74, 6) is -1.38. The molecule has 0 aromatic rings. The van der Waals surface area contributed by atoms with Crippen LogP contribution in [0.3, 0.4) is 0 Å². The van der Waals surface area contributed by atoms with E-state index in [1.54, 1.807) is 0 Å². The minimum absolute atomic E-state index is 0.0920. The molecule has 0 aromatic heterocycles. The molecule has 4 N–H and O–H groups in total. The van der Waals surface area contributed by atoms with Crippen molar-refractivity contribution in [2.75, 3.05) is 6.54 Å². The molecule has 0 aliphatic rings. The Morgan fingerprint density at radius 2 is 1.93 bits per heavy atom. The average Bonchev–Trinajstić information content (AvgIpc) is 1.96. The second kappa shape index (κ2) is 4.95. The van der Waals surface area contributed by atoms with Crippen LogP contribution in [0.15, 0.2) is 0 Å². The molecule has 14 heavy (non-hydrogen) atoms. The first-order valence-electron chi connectivity index (χ1n) is 4.48. The molecule has 0 spiro atoms. The van der Waals surface area contributed by atoms with Crippen molar-refractivity contribution in [3.8, 4) is 0 Å². The fraction of sp³-hybridized carbons (Fsp3) is 0.778. The third-order valence-corrected chi connectivity index (χ3v) is 1.56. The summed E-state index contributed by atoms with van der Waals surface area (Å²) in [6.07, 6.45) is 0.288. The molecule has 0 fully saturated rings. The second-order valence-corrected chi connectivity index (χ2v) is 4.43. The maximum Gasteiger partial charge on any atom is 0.327 e. The highest BCUT2D eigenvalue weighted by Crippen LogP contribution is 2.17. The van der Waals surface area contributed by atoms with Crippen LogP contribution < -0.4 is 11.1 Å². The summed E-state index contributed by atoms with van der Waals surface area (Å²) in [6, 6.07) is -0.982. The van der Waals surface area contributed by atoms with Crippen LogP contribution in [0, 0.1) is 5.41 Å². The van der Waals surface area contributed by atoms with Gasteiger partial charge >= 0.3 is 5.97 Å². The molecule has 5 nitrogen and oxygen atoms in total. The van der Waals surface area contributed by atoms with E-state index in [0.717, 1.165) is 0 Å². The zero-order valence-electron chi connectivity index (χ0n) is 8.83. The normalized spacial score (nSPS) is 13.4. The topological polar surface area (TPSA) is 92.4 Å². The van der Waals surface area contributed by atoms with Gasteiger partial charge in [0.25, 0.3) is 0 Å². The van der Waals surface area contributed by atoms with Crippen molar-refractivity contribution in [1.29, 1.82) is 0 Å². The Kier molecular flexibility index (Phi) is 4.56. The highest BCUT2D eigenvalue weighted by Gasteiger charge is 2.21. The summed E-state index contributed by atoms with van der Waals surface area (Å²) in [4.78, 5) is 21.8. The number of amides is 1. The van der Waals surface area contributed by atoms with E-state index in [1.165, 1.54) is 0 Å². The summed E-state index contributed by atoms with van der Waals surface area (Å²) in [5, 5.41) is 11.0. The maximum atomic E-state index is 11.3. The monoisotopic (exact) mass is 202 g/mol. The molecule has 0 saturated carbocycles. The molecule has 0 aromatic carbocycles. The molecule has 0 bridgehead atoms. The molecule has 5 heteroatoms. The van der Waals surface area contributed by atoms with Gasteiger partial charge < -0.3 is 16.2 Å². The summed E-state index contributed by atoms with van der Waals surface area (Å²) in [7, 11) is 0. The molecule has 0 aliphatic carbocycles. The Labute approximate surface area is 83.7 Å². The maximum absolute atomic E-state index is 11.3. The lowest BCUT2D eigenvalue weighted by Crippen LogP contribution is -2.46. The van der Waals surface area contributed by atoms with Crippen LogP contribution in [0.2, 0.25) is 0 Å². The number of carboxylic acids is 1. The van der Waals surface area contributed by atoms with Gasteiger partial charge in [-0.3, -0.25) is 4.79 Å². The number of hydrogen-bond donors (Lipinski definition) is 3. The quantitative estimate of drug-likeness (QED) is 0.596. The van der Waals surface area contributed by atoms with Gasteiger partial charge in [0.1, 0.15) is 6.04 Å². The highest BCUT2D eigenvalue weighted by molar-refractivity contribution is 5.83. The van der Waals surface area contributed by atoms with Crippen LogP contribution in [0.4, 0.5) is 0 Å². The number of carboxylic acid groups (broad SMARTS) is 1. The van der Waals surface area contributed by atoms with Crippen LogP contribution in [0.25, 0.3) is 0 Å². The molecule has 1 atom stereocenters. The third kappa shape index (κ3) is 5.53. The number of nitrogens with two attached hydrogens (primary N) is 1. The van der Waals surface area contributed by atoms with Gasteiger partial charge in [-0.2, -0.15) is 0 Å². The lowest BCUT2D eigenvalue weighted by Gasteiger charge is -2.19. The predicted molar refractivity (Wildman–Crippen MR) is 52.7 cm³/mol. The van der Waals surface area contributed by atoms with Crippen LogP contribution in [-0.2, 0) is 9.59 Å². The van der Waals surface area contributed by atoms with Gasteiger partial charge in [-0.1, -0.05) is 20.8 Å². The second-order valence-electron chi connectivity index (χ2n) is 4.43. The fourth-order valence-electron chi connectivity index (χ4n) is 0.949. The molecule has 0 heterocycles. The summed E-state index contributed by atoms with van der Waals surface area (Å²) < 4.78 is 0. The molecule has 0 aliphatic heterocycles. The van der Waals surface area contributed by atoms with Crippen LogP contribution in [-0.4, -0.2) is 29.6 Å². The largest absolute Gasteiger partial charge is 0.480 e. The van der Waals surface area contributed by atoms with Crippen molar-refractivity contribution < 1.29 is 14.7 Å². The van der Waals surface area contributed by atoms with E-state index in [0.29, 0.717) is 0 Å². The minimum Gasteiger partial charge on any atom is -0.480 e. The van der Waals surface area contributed by atoms with Crippen LogP contribution in [0.1, 0.15) is 27.2 Å². The van der Waals surface area contributed by atoms with Gasteiger partial charge in [0.15, 0.2) is 0 Å². The first-order chi connectivity index (χ1) is 6.26. The van der Waals surface area contributed by atoms with Crippen molar-refractivity contribution in [3.63, 3.8) is 0 Å². The Balaban J connectivity index is 4.11. The number of rotatable bonds is 4. The summed E-state index contributed by atoms with van der Waals surface area (Å²) in [5.41, 5.74) is 5.04. The number of hydrogen-bond acceptors (Lipinski definition) is 3. The molecule has 0 saturated heterocycles. The Bertz CT molecular complexity index is 221. The van der Waals surface area contributed by atoms with Gasteiger partial charge in [-0.15, -0.1) is 0 Å². The van der Waals surface area contributed by atoms with Crippen molar-refractivity contribution in [1.82, 2.24) is 5.32 Å².